The molecule has 172 valence electrons. The number of aliphatic imine (C=N–C) groups is 1. The molecule has 0 bridgehead atoms. The molecule has 0 aliphatic carbocycles. The van der Waals surface area contributed by atoms with Crippen LogP contribution in [-0.2, 0) is 12.8 Å². The summed E-state index contributed by atoms with van der Waals surface area (Å²) in [6.07, 6.45) is 1.48. The monoisotopic (exact) mass is 545 g/mol. The fourth-order valence-electron chi connectivity index (χ4n) is 3.25. The maximum atomic E-state index is 13.3. The Kier molecular flexibility index (Phi) is 12.1. The van der Waals surface area contributed by atoms with E-state index in [0.717, 1.165) is 42.0 Å². The highest BCUT2D eigenvalue weighted by Gasteiger charge is 2.15. The summed E-state index contributed by atoms with van der Waals surface area (Å²) < 4.78 is 29.6. The highest BCUT2D eigenvalue weighted by atomic mass is 127. The minimum absolute atomic E-state index is 0. The lowest BCUT2D eigenvalue weighted by Crippen LogP contribution is -2.38. The van der Waals surface area contributed by atoms with E-state index < -0.39 is 0 Å². The van der Waals surface area contributed by atoms with Crippen LogP contribution in [0.2, 0.25) is 0 Å². The second kappa shape index (κ2) is 14.0. The summed E-state index contributed by atoms with van der Waals surface area (Å²) in [7, 11) is 4.82. The molecule has 31 heavy (non-hydrogen) atoms. The van der Waals surface area contributed by atoms with Gasteiger partial charge in [0.1, 0.15) is 5.82 Å². The van der Waals surface area contributed by atoms with Gasteiger partial charge in [0.2, 0.25) is 5.75 Å². The first-order valence-corrected chi connectivity index (χ1v) is 10.1. The number of benzene rings is 2. The van der Waals surface area contributed by atoms with Gasteiger partial charge in [0, 0.05) is 25.2 Å². The molecule has 0 atom stereocenters. The molecule has 0 heterocycles. The molecule has 2 aromatic rings. The number of guanidine groups is 1. The van der Waals surface area contributed by atoms with Crippen molar-refractivity contribution in [2.75, 3.05) is 41.0 Å². The van der Waals surface area contributed by atoms with Crippen LogP contribution in [0.15, 0.2) is 35.3 Å². The van der Waals surface area contributed by atoms with Gasteiger partial charge in [-0.05, 0) is 56.0 Å². The Morgan fingerprint density at radius 1 is 0.935 bits per heavy atom. The van der Waals surface area contributed by atoms with E-state index in [1.54, 1.807) is 27.4 Å². The molecular formula is C23H33FIN3O3. The predicted octanol–water partition coefficient (Wildman–Crippen LogP) is 4.12. The standard InChI is InChI=1S/C23H32FN3O3.HI/c1-6-25-23(26-13-11-17-7-9-19(24)15-16(17)2)27-14-12-18-8-10-20(28-3)22(30-5)21(18)29-4;/h7-10,15H,6,11-14H2,1-5H3,(H2,25,26,27);1H. The summed E-state index contributed by atoms with van der Waals surface area (Å²) in [4.78, 5) is 4.63. The van der Waals surface area contributed by atoms with Crippen LogP contribution in [0.1, 0.15) is 23.6 Å². The number of hydrogen-bond donors (Lipinski definition) is 2. The van der Waals surface area contributed by atoms with Crippen LogP contribution in [0, 0.1) is 12.7 Å². The molecule has 6 nitrogen and oxygen atoms in total. The Bertz CT molecular complexity index is 862. The number of rotatable bonds is 10. The van der Waals surface area contributed by atoms with Crippen molar-refractivity contribution < 1.29 is 18.6 Å². The van der Waals surface area contributed by atoms with Crippen molar-refractivity contribution in [2.24, 2.45) is 4.99 Å². The Morgan fingerprint density at radius 2 is 1.65 bits per heavy atom. The van der Waals surface area contributed by atoms with Gasteiger partial charge in [-0.1, -0.05) is 12.1 Å². The van der Waals surface area contributed by atoms with Crippen LogP contribution >= 0.6 is 24.0 Å². The summed E-state index contributed by atoms with van der Waals surface area (Å²) in [6, 6.07) is 8.72. The number of halogens is 2. The van der Waals surface area contributed by atoms with Crippen molar-refractivity contribution in [3.63, 3.8) is 0 Å². The first-order chi connectivity index (χ1) is 14.5. The van der Waals surface area contributed by atoms with E-state index in [2.05, 4.69) is 15.6 Å². The molecule has 0 fully saturated rings. The highest BCUT2D eigenvalue weighted by molar-refractivity contribution is 14.0. The molecule has 2 N–H and O–H groups in total. The number of methoxy groups -OCH3 is 3. The molecule has 0 amide bonds. The van der Waals surface area contributed by atoms with Crippen LogP contribution in [0.4, 0.5) is 4.39 Å². The van der Waals surface area contributed by atoms with Gasteiger partial charge >= 0.3 is 0 Å². The molecule has 0 aliphatic rings. The van der Waals surface area contributed by atoms with E-state index in [1.807, 2.05) is 32.0 Å². The molecule has 0 saturated carbocycles. The fraction of sp³-hybridized carbons (Fsp3) is 0.435. The van der Waals surface area contributed by atoms with E-state index >= 15 is 0 Å². The van der Waals surface area contributed by atoms with Gasteiger partial charge in [-0.3, -0.25) is 4.99 Å². The summed E-state index contributed by atoms with van der Waals surface area (Å²) in [5, 5.41) is 6.60. The molecule has 0 radical (unpaired) electrons. The molecule has 0 saturated heterocycles. The van der Waals surface area contributed by atoms with Gasteiger partial charge in [-0.2, -0.15) is 0 Å². The quantitative estimate of drug-likeness (QED) is 0.267. The lowest BCUT2D eigenvalue weighted by atomic mass is 10.1. The third kappa shape index (κ3) is 7.75. The van der Waals surface area contributed by atoms with Crippen LogP contribution in [0.25, 0.3) is 0 Å². The third-order valence-corrected chi connectivity index (χ3v) is 4.77. The first kappa shape index (κ1) is 26.8. The molecule has 0 aromatic heterocycles. The average molecular weight is 545 g/mol. The summed E-state index contributed by atoms with van der Waals surface area (Å²) in [5.41, 5.74) is 3.07. The molecular weight excluding hydrogens is 512 g/mol. The lowest BCUT2D eigenvalue weighted by Gasteiger charge is -2.16. The number of nitrogens with one attached hydrogen (secondary N) is 2. The van der Waals surface area contributed by atoms with Crippen LogP contribution in [0.5, 0.6) is 17.2 Å². The normalized spacial score (nSPS) is 10.8. The topological polar surface area (TPSA) is 64.1 Å². The van der Waals surface area contributed by atoms with Crippen molar-refractivity contribution in [3.8, 4) is 17.2 Å². The number of hydrogen-bond acceptors (Lipinski definition) is 4. The van der Waals surface area contributed by atoms with Crippen molar-refractivity contribution in [1.29, 1.82) is 0 Å². The van der Waals surface area contributed by atoms with Crippen LogP contribution < -0.4 is 24.8 Å². The third-order valence-electron chi connectivity index (χ3n) is 4.77. The number of aryl methyl sites for hydroxylation is 1. The summed E-state index contributed by atoms with van der Waals surface area (Å²) in [6.45, 7) is 6.00. The number of ether oxygens (including phenoxy) is 3. The zero-order chi connectivity index (χ0) is 21.9. The van der Waals surface area contributed by atoms with Crippen molar-refractivity contribution >= 4 is 29.9 Å². The maximum Gasteiger partial charge on any atom is 0.203 e. The minimum Gasteiger partial charge on any atom is -0.493 e. The SMILES string of the molecule is CCNC(=NCCc1ccc(F)cc1C)NCCc1ccc(OC)c(OC)c1OC.I. The largest absolute Gasteiger partial charge is 0.493 e. The van der Waals surface area contributed by atoms with Crippen molar-refractivity contribution in [1.82, 2.24) is 10.6 Å². The fourth-order valence-corrected chi connectivity index (χ4v) is 3.25. The van der Waals surface area contributed by atoms with Crippen molar-refractivity contribution in [3.05, 3.63) is 52.8 Å². The van der Waals surface area contributed by atoms with E-state index in [0.29, 0.717) is 30.3 Å². The molecule has 0 unspecified atom stereocenters. The maximum absolute atomic E-state index is 13.3. The van der Waals surface area contributed by atoms with Gasteiger partial charge < -0.3 is 24.8 Å². The second-order valence-electron chi connectivity index (χ2n) is 6.75. The van der Waals surface area contributed by atoms with Gasteiger partial charge in [0.05, 0.1) is 21.3 Å². The smallest absolute Gasteiger partial charge is 0.203 e. The Labute approximate surface area is 201 Å². The van der Waals surface area contributed by atoms with Gasteiger partial charge in [0.15, 0.2) is 17.5 Å². The zero-order valence-corrected chi connectivity index (χ0v) is 21.2. The Morgan fingerprint density at radius 3 is 2.26 bits per heavy atom. The van der Waals surface area contributed by atoms with E-state index in [9.17, 15) is 4.39 Å². The van der Waals surface area contributed by atoms with E-state index in [4.69, 9.17) is 14.2 Å². The van der Waals surface area contributed by atoms with Gasteiger partial charge in [0.25, 0.3) is 0 Å². The predicted molar refractivity (Wildman–Crippen MR) is 134 cm³/mol. The summed E-state index contributed by atoms with van der Waals surface area (Å²) >= 11 is 0. The molecule has 8 heteroatoms. The summed E-state index contributed by atoms with van der Waals surface area (Å²) in [5.74, 6) is 2.44. The minimum atomic E-state index is -0.208. The number of nitrogens with zero attached hydrogens (tertiary/aromatic N) is 1. The Hall–Kier alpha value is -2.23. The van der Waals surface area contributed by atoms with Gasteiger partial charge in [-0.25, -0.2) is 4.39 Å². The second-order valence-corrected chi connectivity index (χ2v) is 6.75. The zero-order valence-electron chi connectivity index (χ0n) is 18.9. The van der Waals surface area contributed by atoms with E-state index in [-0.39, 0.29) is 29.8 Å². The van der Waals surface area contributed by atoms with Gasteiger partial charge in [-0.15, -0.1) is 24.0 Å². The Balaban J connectivity index is 0.00000480. The molecule has 0 aliphatic heterocycles. The molecule has 2 aromatic carbocycles. The first-order valence-electron chi connectivity index (χ1n) is 10.1. The molecule has 0 spiro atoms. The molecule has 2 rings (SSSR count). The lowest BCUT2D eigenvalue weighted by molar-refractivity contribution is 0.322. The highest BCUT2D eigenvalue weighted by Crippen LogP contribution is 2.39. The van der Waals surface area contributed by atoms with Crippen LogP contribution in [-0.4, -0.2) is 46.9 Å². The van der Waals surface area contributed by atoms with E-state index in [1.165, 1.54) is 6.07 Å². The average Bonchev–Trinajstić information content (AvgIpc) is 2.74. The van der Waals surface area contributed by atoms with Crippen molar-refractivity contribution in [2.45, 2.75) is 26.7 Å². The van der Waals surface area contributed by atoms with Crippen LogP contribution in [0.3, 0.4) is 0 Å².